The molecular weight excluding hydrogens is 276 g/mol. The van der Waals surface area contributed by atoms with Gasteiger partial charge in [0, 0.05) is 0 Å². The van der Waals surface area contributed by atoms with Crippen molar-refractivity contribution in [1.29, 1.82) is 0 Å². The van der Waals surface area contributed by atoms with Gasteiger partial charge < -0.3 is 0 Å². The first kappa shape index (κ1) is 26.8. The fraction of sp³-hybridized carbons (Fsp3) is 0.652. The predicted octanol–water partition coefficient (Wildman–Crippen LogP) is 8.24. The summed E-state index contributed by atoms with van der Waals surface area (Å²) >= 11 is 0. The van der Waals surface area contributed by atoms with Gasteiger partial charge in [0.05, 0.1) is 0 Å². The Kier molecular flexibility index (Phi) is 22.2. The molecule has 0 heterocycles. The van der Waals surface area contributed by atoms with Crippen molar-refractivity contribution in [2.45, 2.75) is 88.5 Å². The Balaban J connectivity index is -0.000000426. The third-order valence-corrected chi connectivity index (χ3v) is 3.72. The Bertz CT molecular complexity index is 358. The van der Waals surface area contributed by atoms with Gasteiger partial charge in [-0.15, -0.1) is 6.58 Å². The monoisotopic (exact) mass is 320 g/mol. The highest BCUT2D eigenvalue weighted by Gasteiger charge is 2.14. The lowest BCUT2D eigenvalue weighted by Gasteiger charge is -2.22. The van der Waals surface area contributed by atoms with Crippen molar-refractivity contribution in [3.63, 3.8) is 0 Å². The van der Waals surface area contributed by atoms with E-state index < -0.39 is 0 Å². The molecule has 0 nitrogen and oxygen atoms in total. The SMILES string of the molecule is C=C(C)C.CC.CC.CC[C@H](Cc1ccccc1C)[C@@H](C)CC. The fourth-order valence-electron chi connectivity index (χ4n) is 2.20. The maximum absolute atomic E-state index is 3.56. The second-order valence-corrected chi connectivity index (χ2v) is 5.89. The molecule has 0 saturated heterocycles. The Morgan fingerprint density at radius 1 is 0.957 bits per heavy atom. The molecule has 0 fully saturated rings. The van der Waals surface area contributed by atoms with Crippen LogP contribution in [-0.4, -0.2) is 0 Å². The molecule has 1 aromatic rings. The van der Waals surface area contributed by atoms with Gasteiger partial charge in [-0.3, -0.25) is 0 Å². The summed E-state index contributed by atoms with van der Waals surface area (Å²) in [5.41, 5.74) is 4.14. The van der Waals surface area contributed by atoms with E-state index in [-0.39, 0.29) is 0 Å². The molecule has 0 bridgehead atoms. The number of hydrogen-bond donors (Lipinski definition) is 0. The Morgan fingerprint density at radius 3 is 1.74 bits per heavy atom. The van der Waals surface area contributed by atoms with Gasteiger partial charge in [-0.25, -0.2) is 0 Å². The van der Waals surface area contributed by atoms with Crippen LogP contribution >= 0.6 is 0 Å². The molecule has 0 heteroatoms. The summed E-state index contributed by atoms with van der Waals surface area (Å²) in [7, 11) is 0. The van der Waals surface area contributed by atoms with E-state index in [0.29, 0.717) is 0 Å². The van der Waals surface area contributed by atoms with Gasteiger partial charge in [-0.05, 0) is 50.2 Å². The first-order chi connectivity index (χ1) is 10.9. The van der Waals surface area contributed by atoms with Gasteiger partial charge in [0.15, 0.2) is 0 Å². The normalized spacial score (nSPS) is 11.4. The number of aryl methyl sites for hydroxylation is 1. The highest BCUT2D eigenvalue weighted by atomic mass is 14.2. The molecule has 0 N–H and O–H groups in total. The zero-order chi connectivity index (χ0) is 18.8. The predicted molar refractivity (Wildman–Crippen MR) is 111 cm³/mol. The first-order valence-electron chi connectivity index (χ1n) is 9.58. The second-order valence-electron chi connectivity index (χ2n) is 5.89. The van der Waals surface area contributed by atoms with Gasteiger partial charge in [0.1, 0.15) is 0 Å². The second kappa shape index (κ2) is 19.0. The van der Waals surface area contributed by atoms with Gasteiger partial charge in [0.25, 0.3) is 0 Å². The third-order valence-electron chi connectivity index (χ3n) is 3.72. The Labute approximate surface area is 148 Å². The molecule has 0 unspecified atom stereocenters. The highest BCUT2D eigenvalue weighted by molar-refractivity contribution is 5.25. The standard InChI is InChI=1S/C15H24.C4H8.2C2H6/c1-5-12(3)14(6-2)11-15-10-8-7-9-13(15)4;1-4(2)3;2*1-2/h7-10,12,14H,5-6,11H2,1-4H3;1H2,2-3H3;2*1-2H3/t12-,14+;;;/m0.../s1. The minimum absolute atomic E-state index is 0.842. The van der Waals surface area contributed by atoms with Crippen LogP contribution in [0.1, 0.15) is 86.3 Å². The average molecular weight is 321 g/mol. The van der Waals surface area contributed by atoms with Crippen LogP contribution < -0.4 is 0 Å². The van der Waals surface area contributed by atoms with E-state index in [0.717, 1.165) is 11.8 Å². The van der Waals surface area contributed by atoms with Crippen molar-refractivity contribution >= 4 is 0 Å². The van der Waals surface area contributed by atoms with Crippen molar-refractivity contribution in [2.75, 3.05) is 0 Å². The molecule has 0 aliphatic heterocycles. The van der Waals surface area contributed by atoms with Crippen LogP contribution in [0.2, 0.25) is 0 Å². The molecule has 2 atom stereocenters. The lowest BCUT2D eigenvalue weighted by molar-refractivity contribution is 0.335. The summed E-state index contributed by atoms with van der Waals surface area (Å²) in [4.78, 5) is 0. The molecule has 0 saturated carbocycles. The molecule has 0 radical (unpaired) electrons. The van der Waals surface area contributed by atoms with Crippen LogP contribution in [0.15, 0.2) is 36.4 Å². The summed E-state index contributed by atoms with van der Waals surface area (Å²) < 4.78 is 0. The zero-order valence-corrected chi connectivity index (χ0v) is 17.8. The largest absolute Gasteiger partial charge is 0.100 e. The lowest BCUT2D eigenvalue weighted by Crippen LogP contribution is -2.13. The molecule has 1 rings (SSSR count). The third kappa shape index (κ3) is 15.6. The lowest BCUT2D eigenvalue weighted by atomic mass is 9.83. The van der Waals surface area contributed by atoms with Gasteiger partial charge in [0.2, 0.25) is 0 Å². The highest BCUT2D eigenvalue weighted by Crippen LogP contribution is 2.24. The number of hydrogen-bond acceptors (Lipinski definition) is 0. The molecule has 0 amide bonds. The molecule has 136 valence electrons. The summed E-state index contributed by atoms with van der Waals surface area (Å²) in [6.45, 7) is 24.7. The van der Waals surface area contributed by atoms with Gasteiger partial charge in [-0.2, -0.15) is 0 Å². The Morgan fingerprint density at radius 2 is 1.39 bits per heavy atom. The van der Waals surface area contributed by atoms with E-state index in [9.17, 15) is 0 Å². The van der Waals surface area contributed by atoms with E-state index in [1.165, 1.54) is 36.0 Å². The minimum atomic E-state index is 0.842. The summed E-state index contributed by atoms with van der Waals surface area (Å²) in [5, 5.41) is 0. The van der Waals surface area contributed by atoms with Crippen LogP contribution in [0.3, 0.4) is 0 Å². The van der Waals surface area contributed by atoms with E-state index >= 15 is 0 Å². The smallest absolute Gasteiger partial charge is 0.0245 e. The summed E-state index contributed by atoms with van der Waals surface area (Å²) in [6.07, 6.45) is 3.84. The van der Waals surface area contributed by atoms with Crippen molar-refractivity contribution in [1.82, 2.24) is 0 Å². The van der Waals surface area contributed by atoms with Gasteiger partial charge in [-0.1, -0.05) is 91.1 Å². The first-order valence-corrected chi connectivity index (χ1v) is 9.58. The maximum atomic E-state index is 3.56. The molecule has 0 aliphatic carbocycles. The van der Waals surface area contributed by atoms with Crippen molar-refractivity contribution in [3.05, 3.63) is 47.5 Å². The van der Waals surface area contributed by atoms with Crippen molar-refractivity contribution in [3.8, 4) is 0 Å². The van der Waals surface area contributed by atoms with Gasteiger partial charge >= 0.3 is 0 Å². The van der Waals surface area contributed by atoms with Crippen LogP contribution in [0, 0.1) is 18.8 Å². The topological polar surface area (TPSA) is 0 Å². The molecule has 0 aromatic heterocycles. The van der Waals surface area contributed by atoms with Crippen LogP contribution in [0.25, 0.3) is 0 Å². The van der Waals surface area contributed by atoms with E-state index in [1.807, 2.05) is 41.5 Å². The van der Waals surface area contributed by atoms with Crippen LogP contribution in [0.4, 0.5) is 0 Å². The number of benzene rings is 1. The van der Waals surface area contributed by atoms with E-state index in [4.69, 9.17) is 0 Å². The molecule has 0 aliphatic rings. The number of allylic oxidation sites excluding steroid dienone is 1. The van der Waals surface area contributed by atoms with Crippen molar-refractivity contribution < 1.29 is 0 Å². The minimum Gasteiger partial charge on any atom is -0.100 e. The molecule has 23 heavy (non-hydrogen) atoms. The average Bonchev–Trinajstić information content (AvgIpc) is 2.56. The number of rotatable bonds is 5. The van der Waals surface area contributed by atoms with E-state index in [2.05, 4.69) is 58.5 Å². The van der Waals surface area contributed by atoms with Crippen LogP contribution in [-0.2, 0) is 6.42 Å². The van der Waals surface area contributed by atoms with Crippen molar-refractivity contribution in [2.24, 2.45) is 11.8 Å². The Hall–Kier alpha value is -1.04. The molecule has 0 spiro atoms. The van der Waals surface area contributed by atoms with Crippen LogP contribution in [0.5, 0.6) is 0 Å². The zero-order valence-electron chi connectivity index (χ0n) is 17.8. The quantitative estimate of drug-likeness (QED) is 0.479. The molecule has 1 aromatic carbocycles. The summed E-state index contributed by atoms with van der Waals surface area (Å²) in [5.74, 6) is 1.69. The van der Waals surface area contributed by atoms with E-state index in [1.54, 1.807) is 0 Å². The maximum Gasteiger partial charge on any atom is -0.0245 e. The molecular formula is C23H44. The fourth-order valence-corrected chi connectivity index (χ4v) is 2.20. The summed E-state index contributed by atoms with van der Waals surface area (Å²) in [6, 6.07) is 8.79.